The molecule has 1 amide bonds. The molecule has 106 valence electrons. The van der Waals surface area contributed by atoms with E-state index in [2.05, 4.69) is 10.3 Å². The maximum Gasteiger partial charge on any atom is 0.263 e. The van der Waals surface area contributed by atoms with Gasteiger partial charge in [-0.2, -0.15) is 0 Å². The van der Waals surface area contributed by atoms with Gasteiger partial charge in [0.15, 0.2) is 5.60 Å². The van der Waals surface area contributed by atoms with Gasteiger partial charge < -0.3 is 15.0 Å². The van der Waals surface area contributed by atoms with E-state index in [9.17, 15) is 4.79 Å². The third-order valence-corrected chi connectivity index (χ3v) is 3.09. The third kappa shape index (κ3) is 3.78. The van der Waals surface area contributed by atoms with Crippen molar-refractivity contribution in [3.63, 3.8) is 0 Å². The Labute approximate surface area is 123 Å². The number of hydrogen-bond acceptors (Lipinski definition) is 2. The number of benzene rings is 1. The lowest BCUT2D eigenvalue weighted by Crippen LogP contribution is -2.46. The Hall–Kier alpha value is -1.94. The number of amides is 1. The first-order chi connectivity index (χ1) is 9.47. The lowest BCUT2D eigenvalue weighted by molar-refractivity contribution is -0.134. The zero-order chi connectivity index (χ0) is 14.6. The molecule has 2 rings (SSSR count). The lowest BCUT2D eigenvalue weighted by Gasteiger charge is -2.25. The molecule has 0 bridgehead atoms. The van der Waals surface area contributed by atoms with Crippen molar-refractivity contribution in [2.24, 2.45) is 0 Å². The van der Waals surface area contributed by atoms with Gasteiger partial charge in [0.05, 0.1) is 6.54 Å². The molecule has 0 saturated carbocycles. The topological polar surface area (TPSA) is 54.1 Å². The highest BCUT2D eigenvalue weighted by molar-refractivity contribution is 6.30. The van der Waals surface area contributed by atoms with Crippen molar-refractivity contribution >= 4 is 17.5 Å². The van der Waals surface area contributed by atoms with Gasteiger partial charge in [-0.15, -0.1) is 0 Å². The van der Waals surface area contributed by atoms with Crippen molar-refractivity contribution in [2.45, 2.75) is 26.0 Å². The molecule has 0 radical (unpaired) electrons. The second kappa shape index (κ2) is 6.01. The molecule has 0 atom stereocenters. The molecule has 0 aliphatic rings. The molecule has 4 nitrogen and oxygen atoms in total. The summed E-state index contributed by atoms with van der Waals surface area (Å²) < 4.78 is 5.71. The molecular formula is C15H17ClN2O2. The van der Waals surface area contributed by atoms with E-state index in [-0.39, 0.29) is 5.91 Å². The van der Waals surface area contributed by atoms with E-state index < -0.39 is 5.60 Å². The van der Waals surface area contributed by atoms with E-state index >= 15 is 0 Å². The van der Waals surface area contributed by atoms with E-state index in [0.717, 1.165) is 5.69 Å². The number of nitrogens with one attached hydrogen (secondary N) is 2. The Bertz CT molecular complexity index is 562. The van der Waals surface area contributed by atoms with Gasteiger partial charge in [-0.25, -0.2) is 0 Å². The summed E-state index contributed by atoms with van der Waals surface area (Å²) in [6, 6.07) is 10.7. The highest BCUT2D eigenvalue weighted by Gasteiger charge is 2.29. The molecule has 0 aliphatic heterocycles. The number of rotatable bonds is 5. The molecule has 2 N–H and O–H groups in total. The molecule has 20 heavy (non-hydrogen) atoms. The van der Waals surface area contributed by atoms with Crippen molar-refractivity contribution in [1.82, 2.24) is 10.3 Å². The summed E-state index contributed by atoms with van der Waals surface area (Å²) >= 11 is 5.81. The minimum Gasteiger partial charge on any atom is -0.478 e. The zero-order valence-electron chi connectivity index (χ0n) is 11.4. The number of ether oxygens (including phenoxy) is 1. The monoisotopic (exact) mass is 292 g/mol. The van der Waals surface area contributed by atoms with Gasteiger partial charge in [-0.05, 0) is 50.2 Å². The van der Waals surface area contributed by atoms with E-state index in [1.54, 1.807) is 38.1 Å². The van der Waals surface area contributed by atoms with E-state index in [4.69, 9.17) is 16.3 Å². The van der Waals surface area contributed by atoms with Crippen LogP contribution in [0.3, 0.4) is 0 Å². The number of aromatic nitrogens is 1. The predicted molar refractivity (Wildman–Crippen MR) is 78.8 cm³/mol. The summed E-state index contributed by atoms with van der Waals surface area (Å²) in [5.41, 5.74) is -0.0129. The number of halogens is 1. The molecule has 0 aliphatic carbocycles. The zero-order valence-corrected chi connectivity index (χ0v) is 12.2. The largest absolute Gasteiger partial charge is 0.478 e. The Morgan fingerprint density at radius 1 is 1.30 bits per heavy atom. The molecular weight excluding hydrogens is 276 g/mol. The summed E-state index contributed by atoms with van der Waals surface area (Å²) in [4.78, 5) is 15.2. The van der Waals surface area contributed by atoms with Crippen molar-refractivity contribution in [1.29, 1.82) is 0 Å². The number of carbonyl (C=O) groups excluding carboxylic acids is 1. The first-order valence-corrected chi connectivity index (χ1v) is 6.70. The lowest BCUT2D eigenvalue weighted by atomic mass is 10.1. The van der Waals surface area contributed by atoms with Crippen molar-refractivity contribution in [3.05, 3.63) is 53.3 Å². The number of H-pyrrole nitrogens is 1. The average molecular weight is 293 g/mol. The third-order valence-electron chi connectivity index (χ3n) is 2.84. The van der Waals surface area contributed by atoms with Crippen LogP contribution in [-0.4, -0.2) is 16.5 Å². The fraction of sp³-hybridized carbons (Fsp3) is 0.267. The molecule has 1 aromatic carbocycles. The first kappa shape index (κ1) is 14.5. The van der Waals surface area contributed by atoms with Gasteiger partial charge in [0, 0.05) is 16.9 Å². The second-order valence-corrected chi connectivity index (χ2v) is 5.38. The number of hydrogen-bond donors (Lipinski definition) is 2. The fourth-order valence-corrected chi connectivity index (χ4v) is 1.84. The minimum absolute atomic E-state index is 0.179. The Morgan fingerprint density at radius 2 is 2.00 bits per heavy atom. The SMILES string of the molecule is CC(C)(Oc1ccc(Cl)cc1)C(=O)NCc1ccc[nH]1. The summed E-state index contributed by atoms with van der Waals surface area (Å²) in [5.74, 6) is 0.427. The summed E-state index contributed by atoms with van der Waals surface area (Å²) in [5, 5.41) is 3.47. The Kier molecular flexibility index (Phi) is 4.35. The number of aromatic amines is 1. The first-order valence-electron chi connectivity index (χ1n) is 6.32. The number of carbonyl (C=O) groups is 1. The molecule has 0 saturated heterocycles. The van der Waals surface area contributed by atoms with Crippen molar-refractivity contribution < 1.29 is 9.53 Å². The molecule has 1 aromatic heterocycles. The molecule has 1 heterocycles. The minimum atomic E-state index is -0.958. The van der Waals surface area contributed by atoms with Crippen LogP contribution in [0.1, 0.15) is 19.5 Å². The summed E-state index contributed by atoms with van der Waals surface area (Å²) in [6.45, 7) is 3.90. The molecule has 2 aromatic rings. The van der Waals surface area contributed by atoms with Gasteiger partial charge in [0.25, 0.3) is 5.91 Å². The van der Waals surface area contributed by atoms with Crippen molar-refractivity contribution in [3.8, 4) is 5.75 Å². The summed E-state index contributed by atoms with van der Waals surface area (Å²) in [6.07, 6.45) is 1.82. The average Bonchev–Trinajstić information content (AvgIpc) is 2.91. The van der Waals surface area contributed by atoms with Crippen LogP contribution in [-0.2, 0) is 11.3 Å². The standard InChI is InChI=1S/C15H17ClN2O2/c1-15(2,20-13-7-5-11(16)6-8-13)14(19)18-10-12-4-3-9-17-12/h3-9,17H,10H2,1-2H3,(H,18,19). The van der Waals surface area contributed by atoms with Gasteiger partial charge >= 0.3 is 0 Å². The maximum absolute atomic E-state index is 12.2. The van der Waals surface area contributed by atoms with Gasteiger partial charge in [0.2, 0.25) is 0 Å². The van der Waals surface area contributed by atoms with Crippen LogP contribution in [0, 0.1) is 0 Å². The van der Waals surface area contributed by atoms with Crippen LogP contribution < -0.4 is 10.1 Å². The molecule has 0 fully saturated rings. The van der Waals surface area contributed by atoms with Gasteiger partial charge in [-0.1, -0.05) is 11.6 Å². The van der Waals surface area contributed by atoms with Crippen LogP contribution in [0.15, 0.2) is 42.6 Å². The smallest absolute Gasteiger partial charge is 0.263 e. The summed E-state index contributed by atoms with van der Waals surface area (Å²) in [7, 11) is 0. The van der Waals surface area contributed by atoms with Crippen LogP contribution >= 0.6 is 11.6 Å². The van der Waals surface area contributed by atoms with Gasteiger partial charge in [0.1, 0.15) is 5.75 Å². The highest BCUT2D eigenvalue weighted by atomic mass is 35.5. The van der Waals surface area contributed by atoms with E-state index in [1.165, 1.54) is 0 Å². The van der Waals surface area contributed by atoms with E-state index in [0.29, 0.717) is 17.3 Å². The second-order valence-electron chi connectivity index (χ2n) is 4.94. The van der Waals surface area contributed by atoms with E-state index in [1.807, 2.05) is 18.3 Å². The Balaban J connectivity index is 1.94. The van der Waals surface area contributed by atoms with Crippen LogP contribution in [0.2, 0.25) is 5.02 Å². The van der Waals surface area contributed by atoms with Crippen LogP contribution in [0.5, 0.6) is 5.75 Å². The predicted octanol–water partition coefficient (Wildman–Crippen LogP) is 3.14. The molecule has 5 heteroatoms. The normalized spacial score (nSPS) is 11.2. The van der Waals surface area contributed by atoms with Gasteiger partial charge in [-0.3, -0.25) is 4.79 Å². The quantitative estimate of drug-likeness (QED) is 0.889. The van der Waals surface area contributed by atoms with Crippen LogP contribution in [0.4, 0.5) is 0 Å². The Morgan fingerprint density at radius 3 is 2.60 bits per heavy atom. The molecule has 0 unspecified atom stereocenters. The highest BCUT2D eigenvalue weighted by Crippen LogP contribution is 2.21. The van der Waals surface area contributed by atoms with Crippen molar-refractivity contribution in [2.75, 3.05) is 0 Å². The fourth-order valence-electron chi connectivity index (χ4n) is 1.71. The molecule has 0 spiro atoms. The maximum atomic E-state index is 12.2. The van der Waals surface area contributed by atoms with Crippen LogP contribution in [0.25, 0.3) is 0 Å².